The van der Waals surface area contributed by atoms with Crippen LogP contribution in [0.5, 0.6) is 0 Å². The lowest BCUT2D eigenvalue weighted by atomic mass is 10.2. The van der Waals surface area contributed by atoms with Gasteiger partial charge in [0.1, 0.15) is 5.82 Å². The first-order chi connectivity index (χ1) is 9.47. The van der Waals surface area contributed by atoms with E-state index in [1.165, 1.54) is 24.4 Å². The molecule has 4 nitrogen and oxygen atoms in total. The van der Waals surface area contributed by atoms with Crippen molar-refractivity contribution >= 4 is 29.1 Å². The van der Waals surface area contributed by atoms with Crippen LogP contribution in [0.25, 0.3) is 0 Å². The van der Waals surface area contributed by atoms with Crippen LogP contribution in [0.3, 0.4) is 0 Å². The first-order valence-corrected chi connectivity index (χ1v) is 6.60. The van der Waals surface area contributed by atoms with Crippen molar-refractivity contribution in [3.63, 3.8) is 0 Å². The van der Waals surface area contributed by atoms with Crippen molar-refractivity contribution in [3.8, 4) is 0 Å². The van der Waals surface area contributed by atoms with E-state index in [0.29, 0.717) is 16.3 Å². The second kappa shape index (κ2) is 6.24. The zero-order chi connectivity index (χ0) is 14.7. The molecule has 1 aromatic heterocycles. The zero-order valence-electron chi connectivity index (χ0n) is 10.7. The highest BCUT2D eigenvalue weighted by Crippen LogP contribution is 2.17. The molecule has 0 unspecified atom stereocenters. The average Bonchev–Trinajstić information content (AvgIpc) is 2.69. The molecule has 0 aliphatic carbocycles. The Morgan fingerprint density at radius 2 is 2.15 bits per heavy atom. The maximum Gasteiger partial charge on any atom is 0.226 e. The summed E-state index contributed by atoms with van der Waals surface area (Å²) < 4.78 is 14.4. The number of benzene rings is 1. The summed E-state index contributed by atoms with van der Waals surface area (Å²) >= 11 is 11.8. The van der Waals surface area contributed by atoms with E-state index in [1.54, 1.807) is 11.7 Å². The summed E-state index contributed by atoms with van der Waals surface area (Å²) in [4.78, 5) is 11.8. The van der Waals surface area contributed by atoms with Gasteiger partial charge < -0.3 is 5.32 Å². The molecule has 0 fully saturated rings. The lowest BCUT2D eigenvalue weighted by molar-refractivity contribution is -0.120. The van der Waals surface area contributed by atoms with Crippen LogP contribution in [0.1, 0.15) is 11.3 Å². The Bertz CT molecular complexity index is 623. The van der Waals surface area contributed by atoms with E-state index >= 15 is 0 Å². The molecule has 0 spiro atoms. The highest BCUT2D eigenvalue weighted by molar-refractivity contribution is 6.31. The van der Waals surface area contributed by atoms with Gasteiger partial charge in [0.15, 0.2) is 0 Å². The normalized spacial score (nSPS) is 10.6. The smallest absolute Gasteiger partial charge is 0.226 e. The fourth-order valence-electron chi connectivity index (χ4n) is 1.71. The molecule has 2 aromatic rings. The van der Waals surface area contributed by atoms with Gasteiger partial charge in [0.2, 0.25) is 5.91 Å². The topological polar surface area (TPSA) is 46.9 Å². The Balaban J connectivity index is 1.96. The number of rotatable bonds is 4. The Morgan fingerprint density at radius 1 is 1.40 bits per heavy atom. The lowest BCUT2D eigenvalue weighted by Gasteiger charge is -2.07. The van der Waals surface area contributed by atoms with Crippen LogP contribution in [0, 0.1) is 5.82 Å². The van der Waals surface area contributed by atoms with Gasteiger partial charge in [-0.1, -0.05) is 29.3 Å². The van der Waals surface area contributed by atoms with Crippen molar-refractivity contribution < 1.29 is 9.18 Å². The Kier molecular flexibility index (Phi) is 4.62. The molecule has 0 saturated carbocycles. The molecule has 1 heterocycles. The summed E-state index contributed by atoms with van der Waals surface area (Å²) in [6.07, 6.45) is 1.61. The van der Waals surface area contributed by atoms with E-state index in [9.17, 15) is 9.18 Å². The Hall–Kier alpha value is -1.59. The predicted octanol–water partition coefficient (Wildman–Crippen LogP) is 2.72. The highest BCUT2D eigenvalue weighted by Gasteiger charge is 2.12. The van der Waals surface area contributed by atoms with Crippen molar-refractivity contribution in [2.45, 2.75) is 13.0 Å². The van der Waals surface area contributed by atoms with E-state index < -0.39 is 5.82 Å². The molecule has 0 bridgehead atoms. The van der Waals surface area contributed by atoms with Gasteiger partial charge in [-0.3, -0.25) is 9.48 Å². The molecule has 0 aliphatic rings. The van der Waals surface area contributed by atoms with Crippen molar-refractivity contribution in [2.24, 2.45) is 7.05 Å². The molecule has 7 heteroatoms. The van der Waals surface area contributed by atoms with Gasteiger partial charge in [-0.15, -0.1) is 0 Å². The minimum absolute atomic E-state index is 0.119. The Labute approximate surface area is 125 Å². The minimum atomic E-state index is -0.410. The number of hydrogen-bond acceptors (Lipinski definition) is 2. The lowest BCUT2D eigenvalue weighted by Crippen LogP contribution is -2.25. The van der Waals surface area contributed by atoms with Crippen LogP contribution in [0.15, 0.2) is 24.4 Å². The first kappa shape index (κ1) is 14.8. The number of nitrogens with one attached hydrogen (secondary N) is 1. The predicted molar refractivity (Wildman–Crippen MR) is 75.2 cm³/mol. The van der Waals surface area contributed by atoms with Gasteiger partial charge in [-0.05, 0) is 17.7 Å². The third-order valence-corrected chi connectivity index (χ3v) is 3.50. The monoisotopic (exact) mass is 315 g/mol. The van der Waals surface area contributed by atoms with Gasteiger partial charge in [0, 0.05) is 18.6 Å². The molecule has 106 valence electrons. The molecule has 0 aliphatic heterocycles. The maximum atomic E-state index is 12.9. The summed E-state index contributed by atoms with van der Waals surface area (Å²) in [6, 6.07) is 4.04. The third kappa shape index (κ3) is 3.49. The first-order valence-electron chi connectivity index (χ1n) is 5.84. The standard InChI is InChI=1S/C13H12Cl2FN3O/c1-19-12(11(15)7-18-19)5-13(20)17-6-8-2-3-9(16)4-10(8)14/h2-4,7H,5-6H2,1H3,(H,17,20). The average molecular weight is 316 g/mol. The SMILES string of the molecule is Cn1ncc(Cl)c1CC(=O)NCc1ccc(F)cc1Cl. The van der Waals surface area contributed by atoms with Crippen LogP contribution in [-0.4, -0.2) is 15.7 Å². The highest BCUT2D eigenvalue weighted by atomic mass is 35.5. The molecule has 1 aromatic carbocycles. The molecule has 0 radical (unpaired) electrons. The maximum absolute atomic E-state index is 12.9. The van der Waals surface area contributed by atoms with Crippen LogP contribution < -0.4 is 5.32 Å². The van der Waals surface area contributed by atoms with E-state index in [-0.39, 0.29) is 23.9 Å². The van der Waals surface area contributed by atoms with Crippen LogP contribution >= 0.6 is 23.2 Å². The molecule has 0 saturated heterocycles. The summed E-state index contributed by atoms with van der Waals surface area (Å²) in [5.41, 5.74) is 1.28. The van der Waals surface area contributed by atoms with Crippen molar-refractivity contribution in [2.75, 3.05) is 0 Å². The molecule has 20 heavy (non-hydrogen) atoms. The van der Waals surface area contributed by atoms with Crippen molar-refractivity contribution in [1.82, 2.24) is 15.1 Å². The molecule has 1 N–H and O–H groups in total. The van der Waals surface area contributed by atoms with Gasteiger partial charge >= 0.3 is 0 Å². The second-order valence-electron chi connectivity index (χ2n) is 4.25. The van der Waals surface area contributed by atoms with E-state index in [2.05, 4.69) is 10.4 Å². The van der Waals surface area contributed by atoms with Gasteiger partial charge in [-0.25, -0.2) is 4.39 Å². The molecular weight excluding hydrogens is 304 g/mol. The van der Waals surface area contributed by atoms with Gasteiger partial charge in [0.25, 0.3) is 0 Å². The van der Waals surface area contributed by atoms with Crippen LogP contribution in [-0.2, 0) is 24.8 Å². The summed E-state index contributed by atoms with van der Waals surface area (Å²) in [6.45, 7) is 0.230. The number of aryl methyl sites for hydroxylation is 1. The quantitative estimate of drug-likeness (QED) is 0.943. The van der Waals surface area contributed by atoms with E-state index in [0.717, 1.165) is 0 Å². The fourth-order valence-corrected chi connectivity index (χ4v) is 2.18. The number of halogens is 3. The summed E-state index contributed by atoms with van der Waals surface area (Å²) in [7, 11) is 1.71. The minimum Gasteiger partial charge on any atom is -0.352 e. The number of amides is 1. The van der Waals surface area contributed by atoms with Crippen molar-refractivity contribution in [3.05, 3.63) is 51.5 Å². The number of carbonyl (C=O) groups excluding carboxylic acids is 1. The summed E-state index contributed by atoms with van der Waals surface area (Å²) in [5.74, 6) is -0.623. The second-order valence-corrected chi connectivity index (χ2v) is 5.07. The molecule has 0 atom stereocenters. The number of carbonyl (C=O) groups is 1. The summed E-state index contributed by atoms with van der Waals surface area (Å²) in [5, 5.41) is 7.39. The largest absolute Gasteiger partial charge is 0.352 e. The van der Waals surface area contributed by atoms with Gasteiger partial charge in [-0.2, -0.15) is 5.10 Å². The van der Waals surface area contributed by atoms with Crippen LogP contribution in [0.2, 0.25) is 10.0 Å². The number of nitrogens with zero attached hydrogens (tertiary/aromatic N) is 2. The van der Waals surface area contributed by atoms with E-state index in [1.807, 2.05) is 0 Å². The zero-order valence-corrected chi connectivity index (χ0v) is 12.2. The molecule has 2 rings (SSSR count). The van der Waals surface area contributed by atoms with Crippen molar-refractivity contribution in [1.29, 1.82) is 0 Å². The van der Waals surface area contributed by atoms with E-state index in [4.69, 9.17) is 23.2 Å². The molecular formula is C13H12Cl2FN3O. The van der Waals surface area contributed by atoms with Gasteiger partial charge in [0.05, 0.1) is 23.3 Å². The molecule has 1 amide bonds. The number of aromatic nitrogens is 2. The fraction of sp³-hybridized carbons (Fsp3) is 0.231. The number of hydrogen-bond donors (Lipinski definition) is 1. The Morgan fingerprint density at radius 3 is 2.75 bits per heavy atom. The van der Waals surface area contributed by atoms with Crippen LogP contribution in [0.4, 0.5) is 4.39 Å². The third-order valence-electron chi connectivity index (χ3n) is 2.83.